The molecule has 0 N–H and O–H groups in total. The zero-order valence-electron chi connectivity index (χ0n) is 12.3. The van der Waals surface area contributed by atoms with Crippen molar-refractivity contribution in [3.63, 3.8) is 0 Å². The van der Waals surface area contributed by atoms with Crippen LogP contribution < -0.4 is 0 Å². The molecule has 0 aliphatic carbocycles. The van der Waals surface area contributed by atoms with Crippen molar-refractivity contribution in [2.75, 3.05) is 32.7 Å². The molecule has 2 aliphatic heterocycles. The standard InChI is InChI=1S/C16H22ClN3O/c17-15-5-4-14(10-18-15)16(21)20-9-6-13(12-20)11-19-7-2-1-3-8-19/h4-5,10,13H,1-3,6-9,11-12H2. The van der Waals surface area contributed by atoms with Crippen molar-refractivity contribution in [2.45, 2.75) is 25.7 Å². The number of rotatable bonds is 3. The third-order valence-corrected chi connectivity index (χ3v) is 4.74. The first-order chi connectivity index (χ1) is 10.2. The van der Waals surface area contributed by atoms with Crippen LogP contribution >= 0.6 is 11.6 Å². The Balaban J connectivity index is 1.53. The third-order valence-electron chi connectivity index (χ3n) is 4.51. The summed E-state index contributed by atoms with van der Waals surface area (Å²) < 4.78 is 0. The number of carbonyl (C=O) groups excluding carboxylic acids is 1. The van der Waals surface area contributed by atoms with E-state index in [0.717, 1.165) is 26.1 Å². The summed E-state index contributed by atoms with van der Waals surface area (Å²) in [5, 5.41) is 0.427. The highest BCUT2D eigenvalue weighted by Gasteiger charge is 2.28. The molecule has 5 heteroatoms. The maximum absolute atomic E-state index is 12.4. The summed E-state index contributed by atoms with van der Waals surface area (Å²) in [6.45, 7) is 5.33. The van der Waals surface area contributed by atoms with E-state index in [-0.39, 0.29) is 5.91 Å². The Morgan fingerprint density at radius 3 is 2.76 bits per heavy atom. The van der Waals surface area contributed by atoms with Crippen LogP contribution in [0.15, 0.2) is 18.3 Å². The zero-order valence-corrected chi connectivity index (χ0v) is 13.1. The number of hydrogen-bond donors (Lipinski definition) is 0. The lowest BCUT2D eigenvalue weighted by atomic mass is 10.1. The normalized spacial score (nSPS) is 23.5. The lowest BCUT2D eigenvalue weighted by Gasteiger charge is -2.29. The first-order valence-electron chi connectivity index (χ1n) is 7.85. The Kier molecular flexibility index (Phi) is 4.76. The molecule has 3 rings (SSSR count). The second-order valence-electron chi connectivity index (χ2n) is 6.14. The third kappa shape index (κ3) is 3.74. The Morgan fingerprint density at radius 1 is 1.24 bits per heavy atom. The molecule has 3 heterocycles. The van der Waals surface area contributed by atoms with Crippen LogP contribution in [0.2, 0.25) is 5.15 Å². The van der Waals surface area contributed by atoms with Crippen molar-refractivity contribution >= 4 is 17.5 Å². The zero-order chi connectivity index (χ0) is 14.7. The molecular weight excluding hydrogens is 286 g/mol. The van der Waals surface area contributed by atoms with Crippen LogP contribution in [-0.2, 0) is 0 Å². The van der Waals surface area contributed by atoms with Gasteiger partial charge in [0, 0.05) is 25.8 Å². The van der Waals surface area contributed by atoms with Gasteiger partial charge in [0.25, 0.3) is 5.91 Å². The highest BCUT2D eigenvalue weighted by atomic mass is 35.5. The minimum atomic E-state index is 0.0836. The average molecular weight is 308 g/mol. The van der Waals surface area contributed by atoms with Gasteiger partial charge in [-0.25, -0.2) is 4.98 Å². The summed E-state index contributed by atoms with van der Waals surface area (Å²) in [6.07, 6.45) is 6.71. The number of pyridine rings is 1. The van der Waals surface area contributed by atoms with Crippen LogP contribution in [0, 0.1) is 5.92 Å². The molecule has 1 aromatic heterocycles. The number of nitrogens with zero attached hydrogens (tertiary/aromatic N) is 3. The number of likely N-dealkylation sites (tertiary alicyclic amines) is 2. The van der Waals surface area contributed by atoms with Gasteiger partial charge in [-0.15, -0.1) is 0 Å². The molecule has 1 unspecified atom stereocenters. The Morgan fingerprint density at radius 2 is 2.05 bits per heavy atom. The van der Waals surface area contributed by atoms with Gasteiger partial charge in [0.05, 0.1) is 5.56 Å². The summed E-state index contributed by atoms with van der Waals surface area (Å²) in [6, 6.07) is 3.44. The Labute approximate surface area is 131 Å². The number of amides is 1. The topological polar surface area (TPSA) is 36.4 Å². The molecular formula is C16H22ClN3O. The minimum absolute atomic E-state index is 0.0836. The van der Waals surface area contributed by atoms with Gasteiger partial charge >= 0.3 is 0 Å². The molecule has 2 fully saturated rings. The average Bonchev–Trinajstić information content (AvgIpc) is 2.97. The maximum atomic E-state index is 12.4. The van der Waals surface area contributed by atoms with Gasteiger partial charge in [-0.2, -0.15) is 0 Å². The number of carbonyl (C=O) groups is 1. The Hall–Kier alpha value is -1.13. The van der Waals surface area contributed by atoms with E-state index in [1.807, 2.05) is 4.90 Å². The molecule has 1 aromatic rings. The lowest BCUT2D eigenvalue weighted by Crippen LogP contribution is -2.36. The smallest absolute Gasteiger partial charge is 0.255 e. The molecule has 4 nitrogen and oxygen atoms in total. The SMILES string of the molecule is O=C(c1ccc(Cl)nc1)N1CCC(CN2CCCCC2)C1. The maximum Gasteiger partial charge on any atom is 0.255 e. The van der Waals surface area contributed by atoms with Crippen molar-refractivity contribution in [1.82, 2.24) is 14.8 Å². The summed E-state index contributed by atoms with van der Waals surface area (Å²) in [4.78, 5) is 20.9. The largest absolute Gasteiger partial charge is 0.338 e. The minimum Gasteiger partial charge on any atom is -0.338 e. The van der Waals surface area contributed by atoms with Gasteiger partial charge in [0.15, 0.2) is 0 Å². The number of hydrogen-bond acceptors (Lipinski definition) is 3. The summed E-state index contributed by atoms with van der Waals surface area (Å²) in [5.74, 6) is 0.702. The van der Waals surface area contributed by atoms with E-state index in [2.05, 4.69) is 9.88 Å². The van der Waals surface area contributed by atoms with Crippen molar-refractivity contribution < 1.29 is 4.79 Å². The molecule has 0 saturated carbocycles. The second-order valence-corrected chi connectivity index (χ2v) is 6.52. The first kappa shape index (κ1) is 14.8. The fourth-order valence-corrected chi connectivity index (χ4v) is 3.47. The molecule has 114 valence electrons. The van der Waals surface area contributed by atoms with Crippen molar-refractivity contribution in [3.8, 4) is 0 Å². The van der Waals surface area contributed by atoms with Gasteiger partial charge in [-0.3, -0.25) is 4.79 Å². The number of aromatic nitrogens is 1. The van der Waals surface area contributed by atoms with Crippen LogP contribution in [0.25, 0.3) is 0 Å². The van der Waals surface area contributed by atoms with Gasteiger partial charge in [0.2, 0.25) is 0 Å². The fourth-order valence-electron chi connectivity index (χ4n) is 3.36. The van der Waals surface area contributed by atoms with E-state index in [9.17, 15) is 4.79 Å². The van der Waals surface area contributed by atoms with Gasteiger partial charge in [0.1, 0.15) is 5.15 Å². The van der Waals surface area contributed by atoms with Gasteiger partial charge in [-0.05, 0) is 50.4 Å². The summed E-state index contributed by atoms with van der Waals surface area (Å²) >= 11 is 5.77. The molecule has 0 spiro atoms. The lowest BCUT2D eigenvalue weighted by molar-refractivity contribution is 0.0782. The van der Waals surface area contributed by atoms with E-state index in [1.165, 1.54) is 32.4 Å². The second kappa shape index (κ2) is 6.75. The van der Waals surface area contributed by atoms with Gasteiger partial charge in [-0.1, -0.05) is 18.0 Å². The van der Waals surface area contributed by atoms with Crippen LogP contribution in [-0.4, -0.2) is 53.4 Å². The molecule has 2 saturated heterocycles. The molecule has 21 heavy (non-hydrogen) atoms. The van der Waals surface area contributed by atoms with Gasteiger partial charge < -0.3 is 9.80 Å². The van der Waals surface area contributed by atoms with E-state index in [4.69, 9.17) is 11.6 Å². The van der Waals surface area contributed by atoms with E-state index < -0.39 is 0 Å². The molecule has 0 radical (unpaired) electrons. The van der Waals surface area contributed by atoms with Crippen molar-refractivity contribution in [3.05, 3.63) is 29.0 Å². The molecule has 0 aromatic carbocycles. The highest BCUT2D eigenvalue weighted by molar-refractivity contribution is 6.29. The van der Waals surface area contributed by atoms with Crippen LogP contribution in [0.4, 0.5) is 0 Å². The fraction of sp³-hybridized carbons (Fsp3) is 0.625. The summed E-state index contributed by atoms with van der Waals surface area (Å²) in [5.41, 5.74) is 0.637. The Bertz CT molecular complexity index is 485. The van der Waals surface area contributed by atoms with Crippen molar-refractivity contribution in [1.29, 1.82) is 0 Å². The monoisotopic (exact) mass is 307 g/mol. The predicted octanol–water partition coefficient (Wildman–Crippen LogP) is 2.68. The quantitative estimate of drug-likeness (QED) is 0.806. The molecule has 2 aliphatic rings. The molecule has 1 atom stereocenters. The van der Waals surface area contributed by atoms with Crippen LogP contribution in [0.1, 0.15) is 36.0 Å². The number of halogens is 1. The van der Waals surface area contributed by atoms with Crippen molar-refractivity contribution in [2.24, 2.45) is 5.92 Å². The highest BCUT2D eigenvalue weighted by Crippen LogP contribution is 2.21. The van der Waals surface area contributed by atoms with E-state index in [1.54, 1.807) is 18.3 Å². The first-order valence-corrected chi connectivity index (χ1v) is 8.23. The molecule has 1 amide bonds. The predicted molar refractivity (Wildman–Crippen MR) is 83.5 cm³/mol. The molecule has 0 bridgehead atoms. The van der Waals surface area contributed by atoms with E-state index >= 15 is 0 Å². The number of piperidine rings is 1. The van der Waals surface area contributed by atoms with Crippen LogP contribution in [0.5, 0.6) is 0 Å². The summed E-state index contributed by atoms with van der Waals surface area (Å²) in [7, 11) is 0. The van der Waals surface area contributed by atoms with E-state index in [0.29, 0.717) is 16.6 Å². The van der Waals surface area contributed by atoms with Crippen LogP contribution in [0.3, 0.4) is 0 Å².